The Bertz CT molecular complexity index is 667. The Morgan fingerprint density at radius 1 is 0.714 bits per heavy atom. The van der Waals surface area contributed by atoms with Crippen LogP contribution in [0.25, 0.3) is 0 Å². The molecule has 4 unspecified atom stereocenters. The maximum Gasteiger partial charge on any atom is 0.0797 e. The van der Waals surface area contributed by atoms with Gasteiger partial charge in [0, 0.05) is 5.92 Å². The second kappa shape index (κ2) is 14.1. The molecule has 0 rings (SSSR count). The van der Waals surface area contributed by atoms with E-state index in [-0.39, 0.29) is 11.8 Å². The van der Waals surface area contributed by atoms with E-state index in [2.05, 4.69) is 82.4 Å². The lowest BCUT2D eigenvalue weighted by Gasteiger charge is -2.22. The Labute approximate surface area is 173 Å². The quantitative estimate of drug-likeness (QED) is 0.334. The van der Waals surface area contributed by atoms with Gasteiger partial charge in [0.05, 0.1) is 12.2 Å². The molecule has 0 aliphatic rings. The standard InChI is InChI=1S/C26H40O2/c1-9-12-19(2)13-10-14-20(3)15-11-16-21(4)17-22(5)18-23(6)26(28)24(7)25(8)27/h9-18,22,24-28H,1-8H3. The van der Waals surface area contributed by atoms with Crippen molar-refractivity contribution in [1.82, 2.24) is 0 Å². The molecule has 2 heteroatoms. The van der Waals surface area contributed by atoms with Crippen LogP contribution in [0.15, 0.2) is 83.1 Å². The Balaban J connectivity index is 4.89. The minimum atomic E-state index is -0.616. The predicted octanol–water partition coefficient (Wildman–Crippen LogP) is 6.47. The Morgan fingerprint density at radius 2 is 1.21 bits per heavy atom. The Kier molecular flexibility index (Phi) is 13.2. The molecule has 0 aromatic heterocycles. The largest absolute Gasteiger partial charge is 0.393 e. The monoisotopic (exact) mass is 384 g/mol. The second-order valence-electron chi connectivity index (χ2n) is 7.76. The molecule has 4 atom stereocenters. The lowest BCUT2D eigenvalue weighted by Crippen LogP contribution is -2.28. The van der Waals surface area contributed by atoms with Crippen molar-refractivity contribution in [1.29, 1.82) is 0 Å². The van der Waals surface area contributed by atoms with E-state index in [0.717, 1.165) is 5.57 Å². The highest BCUT2D eigenvalue weighted by Crippen LogP contribution is 2.18. The maximum absolute atomic E-state index is 10.3. The van der Waals surface area contributed by atoms with Crippen molar-refractivity contribution in [2.75, 3.05) is 0 Å². The highest BCUT2D eigenvalue weighted by molar-refractivity contribution is 5.30. The maximum atomic E-state index is 10.3. The zero-order valence-electron chi connectivity index (χ0n) is 19.0. The summed E-state index contributed by atoms with van der Waals surface area (Å²) in [6.07, 6.45) is 19.7. The van der Waals surface area contributed by atoms with E-state index in [0.29, 0.717) is 0 Å². The molecule has 0 spiro atoms. The van der Waals surface area contributed by atoms with E-state index in [1.54, 1.807) is 6.92 Å². The van der Waals surface area contributed by atoms with Crippen LogP contribution in [-0.4, -0.2) is 22.4 Å². The molecule has 0 saturated heterocycles. The van der Waals surface area contributed by atoms with Gasteiger partial charge in [-0.1, -0.05) is 91.3 Å². The third kappa shape index (κ3) is 11.7. The van der Waals surface area contributed by atoms with Gasteiger partial charge in [0.25, 0.3) is 0 Å². The molecule has 156 valence electrons. The van der Waals surface area contributed by atoms with E-state index in [1.165, 1.54) is 16.7 Å². The summed E-state index contributed by atoms with van der Waals surface area (Å²) >= 11 is 0. The van der Waals surface area contributed by atoms with Crippen molar-refractivity contribution in [3.8, 4) is 0 Å². The minimum Gasteiger partial charge on any atom is -0.393 e. The highest BCUT2D eigenvalue weighted by atomic mass is 16.3. The van der Waals surface area contributed by atoms with Gasteiger partial charge in [-0.3, -0.25) is 0 Å². The number of hydrogen-bond acceptors (Lipinski definition) is 2. The minimum absolute atomic E-state index is 0.175. The van der Waals surface area contributed by atoms with Crippen LogP contribution in [-0.2, 0) is 0 Å². The molecule has 0 aliphatic heterocycles. The zero-order valence-corrected chi connectivity index (χ0v) is 19.0. The third-order valence-corrected chi connectivity index (χ3v) is 4.64. The molecule has 0 aromatic rings. The lowest BCUT2D eigenvalue weighted by molar-refractivity contribution is 0.0505. The van der Waals surface area contributed by atoms with Crippen molar-refractivity contribution in [3.05, 3.63) is 83.1 Å². The van der Waals surface area contributed by atoms with Gasteiger partial charge in [-0.05, 0) is 53.0 Å². The van der Waals surface area contributed by atoms with Crippen molar-refractivity contribution in [3.63, 3.8) is 0 Å². The first-order chi connectivity index (χ1) is 13.1. The molecule has 2 N–H and O–H groups in total. The lowest BCUT2D eigenvalue weighted by atomic mass is 9.92. The zero-order chi connectivity index (χ0) is 21.7. The number of allylic oxidation sites excluding steroid dienone is 13. The summed E-state index contributed by atoms with van der Waals surface area (Å²) in [5, 5.41) is 19.9. The summed E-state index contributed by atoms with van der Waals surface area (Å²) < 4.78 is 0. The SMILES string of the molecule is CC=CC(C)=CC=CC(C)=CC=CC(C)=CC(C)C=C(C)C(O)C(C)C(C)O. The Hall–Kier alpha value is -1.90. The van der Waals surface area contributed by atoms with Crippen LogP contribution in [0.1, 0.15) is 55.4 Å². The molecule has 0 heterocycles. The van der Waals surface area contributed by atoms with Crippen LogP contribution in [0.3, 0.4) is 0 Å². The summed E-state index contributed by atoms with van der Waals surface area (Å²) in [5.74, 6) is 0.0384. The molecule has 0 bridgehead atoms. The summed E-state index contributed by atoms with van der Waals surface area (Å²) in [4.78, 5) is 0. The van der Waals surface area contributed by atoms with E-state index in [9.17, 15) is 10.2 Å². The number of hydrogen-bond donors (Lipinski definition) is 2. The van der Waals surface area contributed by atoms with Crippen molar-refractivity contribution >= 4 is 0 Å². The van der Waals surface area contributed by atoms with Gasteiger partial charge >= 0.3 is 0 Å². The third-order valence-electron chi connectivity index (χ3n) is 4.64. The average molecular weight is 385 g/mol. The van der Waals surface area contributed by atoms with Gasteiger partial charge < -0.3 is 10.2 Å². The number of aliphatic hydroxyl groups excluding tert-OH is 2. The van der Waals surface area contributed by atoms with Crippen molar-refractivity contribution in [2.45, 2.75) is 67.6 Å². The first-order valence-corrected chi connectivity index (χ1v) is 10.1. The number of rotatable bonds is 10. The van der Waals surface area contributed by atoms with E-state index < -0.39 is 12.2 Å². The van der Waals surface area contributed by atoms with Crippen LogP contribution in [0, 0.1) is 11.8 Å². The summed E-state index contributed by atoms with van der Waals surface area (Å²) in [7, 11) is 0. The predicted molar refractivity (Wildman–Crippen MR) is 124 cm³/mol. The van der Waals surface area contributed by atoms with Gasteiger partial charge in [0.15, 0.2) is 0 Å². The summed E-state index contributed by atoms with van der Waals surface area (Å²) in [5.41, 5.74) is 4.49. The first kappa shape index (κ1) is 26.1. The van der Waals surface area contributed by atoms with Crippen LogP contribution >= 0.6 is 0 Å². The van der Waals surface area contributed by atoms with Gasteiger partial charge in [-0.25, -0.2) is 0 Å². The van der Waals surface area contributed by atoms with Gasteiger partial charge in [0.2, 0.25) is 0 Å². The fraction of sp³-hybridized carbons (Fsp3) is 0.462. The average Bonchev–Trinajstić information content (AvgIpc) is 2.60. The highest BCUT2D eigenvalue weighted by Gasteiger charge is 2.20. The van der Waals surface area contributed by atoms with Crippen LogP contribution in [0.5, 0.6) is 0 Å². The van der Waals surface area contributed by atoms with Crippen molar-refractivity contribution < 1.29 is 10.2 Å². The summed E-state index contributed by atoms with van der Waals surface area (Å²) in [6, 6.07) is 0. The summed E-state index contributed by atoms with van der Waals surface area (Å²) in [6.45, 7) is 15.9. The number of aliphatic hydroxyl groups is 2. The Morgan fingerprint density at radius 3 is 1.71 bits per heavy atom. The fourth-order valence-corrected chi connectivity index (χ4v) is 2.79. The molecular formula is C26H40O2. The van der Waals surface area contributed by atoms with Crippen LogP contribution in [0.4, 0.5) is 0 Å². The molecule has 0 amide bonds. The smallest absolute Gasteiger partial charge is 0.0797 e. The molecule has 28 heavy (non-hydrogen) atoms. The molecule has 0 aromatic carbocycles. The molecular weight excluding hydrogens is 344 g/mol. The van der Waals surface area contributed by atoms with Gasteiger partial charge in [-0.15, -0.1) is 0 Å². The second-order valence-corrected chi connectivity index (χ2v) is 7.76. The normalized spacial score (nSPS) is 19.6. The molecule has 0 radical (unpaired) electrons. The van der Waals surface area contributed by atoms with E-state index in [1.807, 2.05) is 26.8 Å². The van der Waals surface area contributed by atoms with Crippen molar-refractivity contribution in [2.24, 2.45) is 11.8 Å². The van der Waals surface area contributed by atoms with Gasteiger partial charge in [-0.2, -0.15) is 0 Å². The molecule has 0 aliphatic carbocycles. The van der Waals surface area contributed by atoms with E-state index in [4.69, 9.17) is 0 Å². The molecule has 0 saturated carbocycles. The van der Waals surface area contributed by atoms with Gasteiger partial charge in [0.1, 0.15) is 0 Å². The first-order valence-electron chi connectivity index (χ1n) is 10.1. The van der Waals surface area contributed by atoms with E-state index >= 15 is 0 Å². The van der Waals surface area contributed by atoms with Crippen LogP contribution in [0.2, 0.25) is 0 Å². The molecule has 2 nitrogen and oxygen atoms in total. The topological polar surface area (TPSA) is 40.5 Å². The van der Waals surface area contributed by atoms with Crippen LogP contribution < -0.4 is 0 Å². The molecule has 0 fully saturated rings. The fourth-order valence-electron chi connectivity index (χ4n) is 2.79.